The first-order chi connectivity index (χ1) is 8.42. The minimum Gasteiger partial charge on any atom is -0.496 e. The number of carbonyl (C=O) groups is 1. The van der Waals surface area contributed by atoms with E-state index in [2.05, 4.69) is 0 Å². The topological polar surface area (TPSA) is 29.5 Å². The summed E-state index contributed by atoms with van der Waals surface area (Å²) in [7, 11) is 3.49. The predicted molar refractivity (Wildman–Crippen MR) is 73.5 cm³/mol. The zero-order valence-electron chi connectivity index (χ0n) is 12.0. The molecule has 0 spiro atoms. The van der Waals surface area contributed by atoms with E-state index in [1.807, 2.05) is 52.1 Å². The maximum atomic E-state index is 12.3. The molecule has 0 fully saturated rings. The van der Waals surface area contributed by atoms with Crippen molar-refractivity contribution >= 4 is 5.91 Å². The van der Waals surface area contributed by atoms with E-state index in [1.165, 1.54) is 0 Å². The fourth-order valence-corrected chi connectivity index (χ4v) is 1.83. The van der Waals surface area contributed by atoms with Gasteiger partial charge in [0, 0.05) is 24.6 Å². The van der Waals surface area contributed by atoms with E-state index in [1.54, 1.807) is 12.0 Å². The van der Waals surface area contributed by atoms with Crippen molar-refractivity contribution in [3.8, 4) is 5.75 Å². The van der Waals surface area contributed by atoms with Gasteiger partial charge in [0.05, 0.1) is 7.11 Å². The van der Waals surface area contributed by atoms with Gasteiger partial charge in [-0.15, -0.1) is 0 Å². The fraction of sp³-hybridized carbons (Fsp3) is 0.533. The predicted octanol–water partition coefficient (Wildman–Crippen LogP) is 3.09. The quantitative estimate of drug-likeness (QED) is 0.802. The standard InChI is InChI=1S/C15H23NO2/c1-6-15(2,3)14(17)16(4)11-12-9-7-8-10-13(12)18-5/h7-10H,6,11H2,1-5H3. The van der Waals surface area contributed by atoms with Crippen molar-refractivity contribution in [1.82, 2.24) is 4.90 Å². The van der Waals surface area contributed by atoms with Crippen LogP contribution in [0.1, 0.15) is 32.8 Å². The highest BCUT2D eigenvalue weighted by atomic mass is 16.5. The number of para-hydroxylation sites is 1. The van der Waals surface area contributed by atoms with E-state index >= 15 is 0 Å². The third-order valence-corrected chi connectivity index (χ3v) is 3.41. The number of carbonyl (C=O) groups excluding carboxylic acids is 1. The summed E-state index contributed by atoms with van der Waals surface area (Å²) in [6.45, 7) is 6.57. The van der Waals surface area contributed by atoms with Gasteiger partial charge in [0.25, 0.3) is 0 Å². The van der Waals surface area contributed by atoms with Crippen LogP contribution in [-0.4, -0.2) is 25.0 Å². The van der Waals surface area contributed by atoms with Crippen LogP contribution in [0.3, 0.4) is 0 Å². The molecule has 1 rings (SSSR count). The molecule has 0 atom stereocenters. The van der Waals surface area contributed by atoms with Crippen LogP contribution in [0.25, 0.3) is 0 Å². The second-order valence-corrected chi connectivity index (χ2v) is 5.21. The van der Waals surface area contributed by atoms with E-state index < -0.39 is 0 Å². The van der Waals surface area contributed by atoms with Crippen molar-refractivity contribution in [2.75, 3.05) is 14.2 Å². The Morgan fingerprint density at radius 3 is 2.50 bits per heavy atom. The van der Waals surface area contributed by atoms with Gasteiger partial charge in [-0.2, -0.15) is 0 Å². The van der Waals surface area contributed by atoms with E-state index in [0.29, 0.717) is 6.54 Å². The first-order valence-electron chi connectivity index (χ1n) is 6.30. The summed E-state index contributed by atoms with van der Waals surface area (Å²) in [5, 5.41) is 0. The van der Waals surface area contributed by atoms with Crippen LogP contribution in [0.4, 0.5) is 0 Å². The summed E-state index contributed by atoms with van der Waals surface area (Å²) >= 11 is 0. The molecule has 18 heavy (non-hydrogen) atoms. The van der Waals surface area contributed by atoms with Crippen LogP contribution in [-0.2, 0) is 11.3 Å². The summed E-state index contributed by atoms with van der Waals surface area (Å²) in [6, 6.07) is 7.79. The summed E-state index contributed by atoms with van der Waals surface area (Å²) in [5.41, 5.74) is 0.722. The monoisotopic (exact) mass is 249 g/mol. The Bertz CT molecular complexity index is 413. The molecule has 100 valence electrons. The van der Waals surface area contributed by atoms with Gasteiger partial charge in [0.15, 0.2) is 0 Å². The van der Waals surface area contributed by atoms with Crippen LogP contribution >= 0.6 is 0 Å². The van der Waals surface area contributed by atoms with Gasteiger partial charge in [0.2, 0.25) is 5.91 Å². The minimum absolute atomic E-state index is 0.163. The summed E-state index contributed by atoms with van der Waals surface area (Å²) < 4.78 is 5.30. The molecule has 0 aliphatic heterocycles. The second-order valence-electron chi connectivity index (χ2n) is 5.21. The average molecular weight is 249 g/mol. The maximum absolute atomic E-state index is 12.3. The number of ether oxygens (including phenoxy) is 1. The highest BCUT2D eigenvalue weighted by molar-refractivity contribution is 5.81. The Morgan fingerprint density at radius 2 is 1.94 bits per heavy atom. The SMILES string of the molecule is CCC(C)(C)C(=O)N(C)Cc1ccccc1OC. The number of hydrogen-bond acceptors (Lipinski definition) is 2. The lowest BCUT2D eigenvalue weighted by molar-refractivity contribution is -0.139. The highest BCUT2D eigenvalue weighted by Crippen LogP contribution is 2.25. The van der Waals surface area contributed by atoms with Crippen molar-refractivity contribution in [2.24, 2.45) is 5.41 Å². The van der Waals surface area contributed by atoms with Gasteiger partial charge < -0.3 is 9.64 Å². The molecule has 0 radical (unpaired) electrons. The number of nitrogens with zero attached hydrogens (tertiary/aromatic N) is 1. The lowest BCUT2D eigenvalue weighted by Crippen LogP contribution is -2.37. The molecule has 0 aliphatic carbocycles. The van der Waals surface area contributed by atoms with Gasteiger partial charge in [-0.3, -0.25) is 4.79 Å². The number of amides is 1. The molecule has 0 aliphatic rings. The van der Waals surface area contributed by atoms with Crippen molar-refractivity contribution in [3.63, 3.8) is 0 Å². The molecular formula is C15H23NO2. The summed E-state index contributed by atoms with van der Waals surface area (Å²) in [5.74, 6) is 0.988. The van der Waals surface area contributed by atoms with Crippen molar-refractivity contribution in [1.29, 1.82) is 0 Å². The lowest BCUT2D eigenvalue weighted by atomic mass is 9.88. The summed E-state index contributed by atoms with van der Waals surface area (Å²) in [6.07, 6.45) is 0.835. The zero-order valence-corrected chi connectivity index (χ0v) is 12.0. The Labute approximate surface area is 110 Å². The molecule has 1 aromatic carbocycles. The molecule has 0 saturated heterocycles. The maximum Gasteiger partial charge on any atom is 0.228 e. The fourth-order valence-electron chi connectivity index (χ4n) is 1.83. The lowest BCUT2D eigenvalue weighted by Gasteiger charge is -2.28. The van der Waals surface area contributed by atoms with Crippen LogP contribution in [0.5, 0.6) is 5.75 Å². The average Bonchev–Trinajstić information content (AvgIpc) is 2.38. The van der Waals surface area contributed by atoms with Gasteiger partial charge in [-0.05, 0) is 12.5 Å². The Morgan fingerprint density at radius 1 is 1.33 bits per heavy atom. The van der Waals surface area contributed by atoms with Crippen LogP contribution in [0, 0.1) is 5.41 Å². The molecule has 0 heterocycles. The highest BCUT2D eigenvalue weighted by Gasteiger charge is 2.28. The van der Waals surface area contributed by atoms with E-state index in [0.717, 1.165) is 17.7 Å². The van der Waals surface area contributed by atoms with Gasteiger partial charge >= 0.3 is 0 Å². The first kappa shape index (κ1) is 14.6. The van der Waals surface area contributed by atoms with E-state index in [9.17, 15) is 4.79 Å². The van der Waals surface area contributed by atoms with Crippen molar-refractivity contribution in [2.45, 2.75) is 33.7 Å². The number of rotatable bonds is 5. The molecule has 0 bridgehead atoms. The molecule has 1 amide bonds. The normalized spacial score (nSPS) is 11.2. The molecule has 0 saturated carbocycles. The Balaban J connectivity index is 2.82. The molecular weight excluding hydrogens is 226 g/mol. The summed E-state index contributed by atoms with van der Waals surface area (Å²) in [4.78, 5) is 14.1. The van der Waals surface area contributed by atoms with Crippen LogP contribution < -0.4 is 4.74 Å². The van der Waals surface area contributed by atoms with E-state index in [-0.39, 0.29) is 11.3 Å². The third kappa shape index (κ3) is 3.25. The van der Waals surface area contributed by atoms with Crippen LogP contribution in [0.15, 0.2) is 24.3 Å². The van der Waals surface area contributed by atoms with Crippen molar-refractivity contribution < 1.29 is 9.53 Å². The van der Waals surface area contributed by atoms with Gasteiger partial charge in [0.1, 0.15) is 5.75 Å². The van der Waals surface area contributed by atoms with E-state index in [4.69, 9.17) is 4.74 Å². The largest absolute Gasteiger partial charge is 0.496 e. The minimum atomic E-state index is -0.309. The Hall–Kier alpha value is -1.51. The molecule has 3 nitrogen and oxygen atoms in total. The Kier molecular flexibility index (Phi) is 4.76. The molecule has 0 aromatic heterocycles. The van der Waals surface area contributed by atoms with Gasteiger partial charge in [-0.1, -0.05) is 39.0 Å². The molecule has 3 heteroatoms. The second kappa shape index (κ2) is 5.89. The molecule has 0 unspecified atom stereocenters. The molecule has 0 N–H and O–H groups in total. The van der Waals surface area contributed by atoms with Crippen LogP contribution in [0.2, 0.25) is 0 Å². The third-order valence-electron chi connectivity index (χ3n) is 3.41. The van der Waals surface area contributed by atoms with Crippen molar-refractivity contribution in [3.05, 3.63) is 29.8 Å². The smallest absolute Gasteiger partial charge is 0.228 e. The number of benzene rings is 1. The zero-order chi connectivity index (χ0) is 13.8. The number of methoxy groups -OCH3 is 1. The van der Waals surface area contributed by atoms with Gasteiger partial charge in [-0.25, -0.2) is 0 Å². The first-order valence-corrected chi connectivity index (χ1v) is 6.30. The number of hydrogen-bond donors (Lipinski definition) is 0. The molecule has 1 aromatic rings.